The number of hydrogen-bond donors (Lipinski definition) is 1. The molecule has 0 heterocycles. The Kier molecular flexibility index (Phi) is 10.5. The van der Waals surface area contributed by atoms with Gasteiger partial charge in [-0.25, -0.2) is 8.78 Å². The van der Waals surface area contributed by atoms with Crippen LogP contribution in [0.5, 0.6) is 0 Å². The number of thioether (sulfide) groups is 1. The zero-order valence-electron chi connectivity index (χ0n) is 18.5. The van der Waals surface area contributed by atoms with E-state index >= 15 is 0 Å². The molecule has 0 aromatic heterocycles. The number of nitrogens with zero attached hydrogens (tertiary/aromatic N) is 1. The fourth-order valence-electron chi connectivity index (χ4n) is 3.12. The average molecular weight is 483 g/mol. The molecule has 2 aromatic rings. The molecule has 0 aliphatic heterocycles. The van der Waals surface area contributed by atoms with Crippen molar-refractivity contribution in [2.24, 2.45) is 5.92 Å². The van der Waals surface area contributed by atoms with Crippen molar-refractivity contribution in [3.05, 3.63) is 70.2 Å². The Bertz CT molecular complexity index is 889. The van der Waals surface area contributed by atoms with E-state index in [-0.39, 0.29) is 41.6 Å². The zero-order chi connectivity index (χ0) is 23.7. The summed E-state index contributed by atoms with van der Waals surface area (Å²) in [5, 5.41) is 3.21. The monoisotopic (exact) mass is 482 g/mol. The van der Waals surface area contributed by atoms with Gasteiger partial charge in [0.1, 0.15) is 17.7 Å². The van der Waals surface area contributed by atoms with Crippen LogP contribution in [0.3, 0.4) is 0 Å². The van der Waals surface area contributed by atoms with E-state index in [2.05, 4.69) is 5.32 Å². The minimum absolute atomic E-state index is 0.0554. The lowest BCUT2D eigenvalue weighted by Gasteiger charge is -2.31. The van der Waals surface area contributed by atoms with Gasteiger partial charge in [0.15, 0.2) is 0 Å². The Morgan fingerprint density at radius 2 is 1.81 bits per heavy atom. The number of nitrogens with one attached hydrogen (secondary N) is 1. The van der Waals surface area contributed by atoms with Crippen LogP contribution in [0.15, 0.2) is 42.5 Å². The summed E-state index contributed by atoms with van der Waals surface area (Å²) in [5.74, 6) is -0.695. The largest absolute Gasteiger partial charge is 0.354 e. The van der Waals surface area contributed by atoms with Crippen molar-refractivity contribution in [2.75, 3.05) is 12.3 Å². The van der Waals surface area contributed by atoms with Crippen molar-refractivity contribution in [3.8, 4) is 0 Å². The number of hydrogen-bond acceptors (Lipinski definition) is 3. The van der Waals surface area contributed by atoms with Gasteiger partial charge in [0.25, 0.3) is 0 Å². The summed E-state index contributed by atoms with van der Waals surface area (Å²) in [7, 11) is 0. The third-order valence-electron chi connectivity index (χ3n) is 4.87. The molecule has 32 heavy (non-hydrogen) atoms. The summed E-state index contributed by atoms with van der Waals surface area (Å²) in [5.41, 5.74) is 1.07. The second kappa shape index (κ2) is 12.8. The predicted molar refractivity (Wildman–Crippen MR) is 126 cm³/mol. The van der Waals surface area contributed by atoms with E-state index in [1.165, 1.54) is 40.9 Å². The third kappa shape index (κ3) is 7.78. The van der Waals surface area contributed by atoms with Gasteiger partial charge in [0.05, 0.1) is 5.75 Å². The first-order valence-electron chi connectivity index (χ1n) is 10.5. The summed E-state index contributed by atoms with van der Waals surface area (Å²) < 4.78 is 27.3. The van der Waals surface area contributed by atoms with Crippen molar-refractivity contribution in [2.45, 2.75) is 45.5 Å². The Hall–Kier alpha value is -2.12. The van der Waals surface area contributed by atoms with E-state index < -0.39 is 11.9 Å². The van der Waals surface area contributed by atoms with Gasteiger partial charge < -0.3 is 10.2 Å². The van der Waals surface area contributed by atoms with Crippen LogP contribution in [0, 0.1) is 17.6 Å². The first-order chi connectivity index (χ1) is 15.2. The highest BCUT2D eigenvalue weighted by molar-refractivity contribution is 7.99. The molecular weight excluding hydrogens is 454 g/mol. The van der Waals surface area contributed by atoms with Gasteiger partial charge in [0.2, 0.25) is 11.8 Å². The molecule has 0 saturated heterocycles. The standard InChI is InChI=1S/C24H29ClF2N2O2S/c1-4-22(24(31)28-12-16(2)3)29(13-17-8-10-18(26)11-9-17)23(30)15-32-14-19-20(25)6-5-7-21(19)27/h5-11,16,22H,4,12-15H2,1-3H3,(H,28,31). The molecule has 0 radical (unpaired) electrons. The quantitative estimate of drug-likeness (QED) is 0.464. The van der Waals surface area contributed by atoms with Gasteiger partial charge in [0, 0.05) is 29.4 Å². The molecule has 0 aliphatic rings. The summed E-state index contributed by atoms with van der Waals surface area (Å²) in [6, 6.07) is 9.65. The number of amides is 2. The van der Waals surface area contributed by atoms with Crippen molar-refractivity contribution in [3.63, 3.8) is 0 Å². The molecule has 1 N–H and O–H groups in total. The highest BCUT2D eigenvalue weighted by atomic mass is 35.5. The minimum atomic E-state index is -0.663. The minimum Gasteiger partial charge on any atom is -0.354 e. The van der Waals surface area contributed by atoms with Gasteiger partial charge in [-0.15, -0.1) is 11.8 Å². The van der Waals surface area contributed by atoms with Crippen LogP contribution in [-0.2, 0) is 21.9 Å². The number of carbonyl (C=O) groups is 2. The van der Waals surface area contributed by atoms with Crippen LogP contribution in [-0.4, -0.2) is 35.1 Å². The van der Waals surface area contributed by atoms with Crippen molar-refractivity contribution < 1.29 is 18.4 Å². The average Bonchev–Trinajstić information content (AvgIpc) is 2.75. The number of benzene rings is 2. The van der Waals surface area contributed by atoms with Crippen LogP contribution in [0.4, 0.5) is 8.78 Å². The summed E-state index contributed by atoms with van der Waals surface area (Å²) in [6.45, 7) is 6.51. The second-order valence-electron chi connectivity index (χ2n) is 7.90. The first-order valence-corrected chi connectivity index (χ1v) is 12.1. The van der Waals surface area contributed by atoms with Gasteiger partial charge in [-0.1, -0.05) is 50.6 Å². The van der Waals surface area contributed by atoms with Gasteiger partial charge in [-0.2, -0.15) is 0 Å². The first kappa shape index (κ1) is 26.1. The van der Waals surface area contributed by atoms with E-state index in [1.54, 1.807) is 18.2 Å². The molecule has 0 saturated carbocycles. The second-order valence-corrected chi connectivity index (χ2v) is 9.30. The molecule has 174 valence electrons. The van der Waals surface area contributed by atoms with Gasteiger partial charge in [-0.05, 0) is 42.2 Å². The van der Waals surface area contributed by atoms with Crippen molar-refractivity contribution >= 4 is 35.2 Å². The van der Waals surface area contributed by atoms with E-state index in [9.17, 15) is 18.4 Å². The Labute approximate surface area is 197 Å². The molecule has 2 amide bonds. The molecule has 8 heteroatoms. The Balaban J connectivity index is 2.15. The Morgan fingerprint density at radius 3 is 2.41 bits per heavy atom. The molecule has 1 atom stereocenters. The van der Waals surface area contributed by atoms with Crippen molar-refractivity contribution in [1.29, 1.82) is 0 Å². The molecule has 1 unspecified atom stereocenters. The maximum absolute atomic E-state index is 14.0. The van der Waals surface area contributed by atoms with Crippen LogP contribution in [0.2, 0.25) is 5.02 Å². The highest BCUT2D eigenvalue weighted by Crippen LogP contribution is 2.24. The fraction of sp³-hybridized carbons (Fsp3) is 0.417. The molecular formula is C24H29ClF2N2O2S. The Morgan fingerprint density at radius 1 is 1.12 bits per heavy atom. The molecule has 0 aliphatic carbocycles. The van der Waals surface area contributed by atoms with Crippen LogP contribution in [0.1, 0.15) is 38.3 Å². The SMILES string of the molecule is CCC(C(=O)NCC(C)C)N(Cc1ccc(F)cc1)C(=O)CSCc1c(F)cccc1Cl. The third-order valence-corrected chi connectivity index (χ3v) is 6.17. The van der Waals surface area contributed by atoms with Crippen molar-refractivity contribution in [1.82, 2.24) is 10.2 Å². The summed E-state index contributed by atoms with van der Waals surface area (Å²) >= 11 is 7.30. The van der Waals surface area contributed by atoms with E-state index in [4.69, 9.17) is 11.6 Å². The lowest BCUT2D eigenvalue weighted by atomic mass is 10.1. The maximum Gasteiger partial charge on any atom is 0.242 e. The lowest BCUT2D eigenvalue weighted by molar-refractivity contribution is -0.139. The van der Waals surface area contributed by atoms with Crippen LogP contribution >= 0.6 is 23.4 Å². The smallest absolute Gasteiger partial charge is 0.242 e. The lowest BCUT2D eigenvalue weighted by Crippen LogP contribution is -2.50. The summed E-state index contributed by atoms with van der Waals surface area (Å²) in [4.78, 5) is 27.5. The van der Waals surface area contributed by atoms with Gasteiger partial charge >= 0.3 is 0 Å². The fourth-order valence-corrected chi connectivity index (χ4v) is 4.37. The van der Waals surface area contributed by atoms with Crippen LogP contribution < -0.4 is 5.32 Å². The van der Waals surface area contributed by atoms with E-state index in [0.29, 0.717) is 23.6 Å². The van der Waals surface area contributed by atoms with E-state index in [1.807, 2.05) is 20.8 Å². The highest BCUT2D eigenvalue weighted by Gasteiger charge is 2.28. The predicted octanol–water partition coefficient (Wildman–Crippen LogP) is 5.43. The topological polar surface area (TPSA) is 49.4 Å². The zero-order valence-corrected chi connectivity index (χ0v) is 20.1. The van der Waals surface area contributed by atoms with Crippen LogP contribution in [0.25, 0.3) is 0 Å². The number of carbonyl (C=O) groups excluding carboxylic acids is 2. The summed E-state index contributed by atoms with van der Waals surface area (Å²) in [6.07, 6.45) is 0.431. The maximum atomic E-state index is 14.0. The molecule has 0 fully saturated rings. The number of rotatable bonds is 11. The molecule has 2 aromatic carbocycles. The number of halogens is 3. The molecule has 0 spiro atoms. The van der Waals surface area contributed by atoms with E-state index in [0.717, 1.165) is 5.56 Å². The molecule has 0 bridgehead atoms. The molecule has 4 nitrogen and oxygen atoms in total. The van der Waals surface area contributed by atoms with Gasteiger partial charge in [-0.3, -0.25) is 9.59 Å². The molecule has 2 rings (SSSR count). The normalized spacial score (nSPS) is 12.0.